The molecular formula is C23H27BrN4O9. The molecule has 14 heteroatoms. The lowest BCUT2D eigenvalue weighted by Gasteiger charge is -2.27. The Bertz CT molecular complexity index is 1180. The molecule has 0 radical (unpaired) electrons. The van der Waals surface area contributed by atoms with Gasteiger partial charge >= 0.3 is 6.09 Å². The number of nitrogens with zero attached hydrogens (tertiary/aromatic N) is 2. The summed E-state index contributed by atoms with van der Waals surface area (Å²) in [5.41, 5.74) is -1.11. The normalized spacial score (nSPS) is 11.7. The van der Waals surface area contributed by atoms with Crippen LogP contribution in [-0.4, -0.2) is 48.7 Å². The second-order valence-corrected chi connectivity index (χ2v) is 9.15. The summed E-state index contributed by atoms with van der Waals surface area (Å²) in [5, 5.41) is 27.3. The summed E-state index contributed by atoms with van der Waals surface area (Å²) in [7, 11) is 3.00. The number of nitro groups is 2. The average molecular weight is 583 g/mol. The number of methoxy groups -OCH3 is 2. The van der Waals surface area contributed by atoms with E-state index in [9.17, 15) is 29.8 Å². The summed E-state index contributed by atoms with van der Waals surface area (Å²) in [6, 6.07) is 6.14. The number of non-ortho nitro benzene ring substituents is 1. The first kappa shape index (κ1) is 29.3. The Hall–Kier alpha value is -3.94. The van der Waals surface area contributed by atoms with Gasteiger partial charge in [-0.2, -0.15) is 0 Å². The molecule has 2 aromatic rings. The van der Waals surface area contributed by atoms with Gasteiger partial charge in [-0.15, -0.1) is 0 Å². The third-order valence-electron chi connectivity index (χ3n) is 5.34. The molecule has 0 fully saturated rings. The number of carbonyl (C=O) groups excluding carboxylic acids is 2. The number of nitrogens with one attached hydrogen (secondary N) is 2. The molecule has 0 aromatic heterocycles. The fraction of sp³-hybridized carbons (Fsp3) is 0.391. The molecular weight excluding hydrogens is 556 g/mol. The standard InChI is InChI=1S/C23H27BrN4O9/c1-13(26-22(30)37-23(2,3)15-9-17(35-4)12-18(10-15)36-5)21(29)25-7-6-14-8-16(27(31)32)11-19(20(14)24)28(33)34/h8-13H,6-7H2,1-5H3,(H,25,29)(H,26,30)/t13-/m0/s1. The molecule has 37 heavy (non-hydrogen) atoms. The van der Waals surface area contributed by atoms with E-state index in [0.29, 0.717) is 17.1 Å². The Morgan fingerprint density at radius 1 is 1.03 bits per heavy atom. The van der Waals surface area contributed by atoms with Crippen LogP contribution >= 0.6 is 15.9 Å². The summed E-state index contributed by atoms with van der Waals surface area (Å²) in [6.07, 6.45) is -0.775. The van der Waals surface area contributed by atoms with Crippen molar-refractivity contribution in [3.05, 3.63) is 66.2 Å². The van der Waals surface area contributed by atoms with E-state index in [4.69, 9.17) is 14.2 Å². The molecule has 200 valence electrons. The number of amides is 2. The van der Waals surface area contributed by atoms with E-state index < -0.39 is 44.9 Å². The zero-order valence-corrected chi connectivity index (χ0v) is 22.4. The van der Waals surface area contributed by atoms with Crippen molar-refractivity contribution < 1.29 is 33.6 Å². The lowest BCUT2D eigenvalue weighted by molar-refractivity contribution is -0.394. The highest BCUT2D eigenvalue weighted by Crippen LogP contribution is 2.34. The Morgan fingerprint density at radius 3 is 2.14 bits per heavy atom. The van der Waals surface area contributed by atoms with Crippen molar-refractivity contribution in [2.75, 3.05) is 20.8 Å². The van der Waals surface area contributed by atoms with Crippen LogP contribution < -0.4 is 20.1 Å². The van der Waals surface area contributed by atoms with Crippen LogP contribution in [0.5, 0.6) is 11.5 Å². The van der Waals surface area contributed by atoms with Crippen molar-refractivity contribution in [1.29, 1.82) is 0 Å². The molecule has 2 aromatic carbocycles. The molecule has 0 heterocycles. The molecule has 0 spiro atoms. The first-order chi connectivity index (χ1) is 17.3. The van der Waals surface area contributed by atoms with Crippen molar-refractivity contribution in [3.8, 4) is 11.5 Å². The van der Waals surface area contributed by atoms with E-state index in [-0.39, 0.29) is 23.0 Å². The number of nitro benzene ring substituents is 2. The average Bonchev–Trinajstić information content (AvgIpc) is 2.83. The molecule has 0 aliphatic rings. The van der Waals surface area contributed by atoms with E-state index >= 15 is 0 Å². The minimum absolute atomic E-state index is 0.00587. The van der Waals surface area contributed by atoms with E-state index in [2.05, 4.69) is 26.6 Å². The van der Waals surface area contributed by atoms with Crippen LogP contribution in [0.25, 0.3) is 0 Å². The molecule has 0 unspecified atom stereocenters. The third-order valence-corrected chi connectivity index (χ3v) is 6.25. The Kier molecular flexibility index (Phi) is 9.77. The highest BCUT2D eigenvalue weighted by Gasteiger charge is 2.28. The van der Waals surface area contributed by atoms with E-state index in [1.807, 2.05) is 0 Å². The van der Waals surface area contributed by atoms with E-state index in [1.165, 1.54) is 27.2 Å². The van der Waals surface area contributed by atoms with Gasteiger partial charge in [0.05, 0.1) is 34.6 Å². The first-order valence-electron chi connectivity index (χ1n) is 10.9. The fourth-order valence-electron chi connectivity index (χ4n) is 3.26. The smallest absolute Gasteiger partial charge is 0.408 e. The molecule has 13 nitrogen and oxygen atoms in total. The third kappa shape index (κ3) is 7.77. The van der Waals surface area contributed by atoms with Crippen LogP contribution in [-0.2, 0) is 21.6 Å². The number of ether oxygens (including phenoxy) is 3. The maximum Gasteiger partial charge on any atom is 0.408 e. The zero-order chi connectivity index (χ0) is 27.9. The van der Waals surface area contributed by atoms with Crippen LogP contribution in [0.3, 0.4) is 0 Å². The van der Waals surface area contributed by atoms with Crippen molar-refractivity contribution >= 4 is 39.3 Å². The zero-order valence-electron chi connectivity index (χ0n) is 20.8. The van der Waals surface area contributed by atoms with Crippen molar-refractivity contribution in [1.82, 2.24) is 10.6 Å². The van der Waals surface area contributed by atoms with Gasteiger partial charge in [-0.05, 0) is 60.8 Å². The van der Waals surface area contributed by atoms with Gasteiger partial charge < -0.3 is 24.8 Å². The van der Waals surface area contributed by atoms with Crippen LogP contribution in [0.1, 0.15) is 31.9 Å². The Labute approximate surface area is 220 Å². The summed E-state index contributed by atoms with van der Waals surface area (Å²) < 4.78 is 16.1. The first-order valence-corrected chi connectivity index (χ1v) is 11.7. The minimum Gasteiger partial charge on any atom is -0.497 e. The van der Waals surface area contributed by atoms with Gasteiger partial charge in [0.25, 0.3) is 11.4 Å². The van der Waals surface area contributed by atoms with Gasteiger partial charge in [-0.3, -0.25) is 25.0 Å². The summed E-state index contributed by atoms with van der Waals surface area (Å²) in [5.74, 6) is 0.480. The number of halogens is 1. The van der Waals surface area contributed by atoms with Crippen molar-refractivity contribution in [2.45, 2.75) is 38.8 Å². The summed E-state index contributed by atoms with van der Waals surface area (Å²) >= 11 is 3.09. The molecule has 2 rings (SSSR count). The number of hydrogen-bond donors (Lipinski definition) is 2. The monoisotopic (exact) mass is 582 g/mol. The van der Waals surface area contributed by atoms with E-state index in [1.54, 1.807) is 32.0 Å². The SMILES string of the molecule is COc1cc(OC)cc(C(C)(C)OC(=O)N[C@@H](C)C(=O)NCCc2cc([N+](=O)[O-])cc([N+](=O)[O-])c2Br)c1. The number of alkyl carbamates (subject to hydrolysis) is 1. The molecule has 0 aliphatic carbocycles. The minimum atomic E-state index is -1.09. The second kappa shape index (κ2) is 12.3. The van der Waals surface area contributed by atoms with Gasteiger partial charge in [0.2, 0.25) is 5.91 Å². The fourth-order valence-corrected chi connectivity index (χ4v) is 3.83. The Balaban J connectivity index is 1.99. The second-order valence-electron chi connectivity index (χ2n) is 8.36. The predicted molar refractivity (Wildman–Crippen MR) is 136 cm³/mol. The van der Waals surface area contributed by atoms with Gasteiger partial charge in [0, 0.05) is 24.2 Å². The lowest BCUT2D eigenvalue weighted by Crippen LogP contribution is -2.46. The maximum atomic E-state index is 12.5. The van der Waals surface area contributed by atoms with Crippen molar-refractivity contribution in [2.24, 2.45) is 0 Å². The van der Waals surface area contributed by atoms with Gasteiger partial charge in [0.1, 0.15) is 23.1 Å². The molecule has 2 amide bonds. The van der Waals surface area contributed by atoms with Crippen LogP contribution in [0.4, 0.5) is 16.2 Å². The van der Waals surface area contributed by atoms with E-state index in [0.717, 1.165) is 6.07 Å². The molecule has 0 bridgehead atoms. The van der Waals surface area contributed by atoms with Gasteiger partial charge in [-0.1, -0.05) is 0 Å². The number of hydrogen-bond acceptors (Lipinski definition) is 9. The quantitative estimate of drug-likeness (QED) is 0.293. The lowest BCUT2D eigenvalue weighted by atomic mass is 9.97. The molecule has 0 aliphatic heterocycles. The molecule has 0 saturated carbocycles. The highest BCUT2D eigenvalue weighted by molar-refractivity contribution is 9.10. The molecule has 2 N–H and O–H groups in total. The number of benzene rings is 2. The van der Waals surface area contributed by atoms with Gasteiger partial charge in [-0.25, -0.2) is 4.79 Å². The maximum absolute atomic E-state index is 12.5. The van der Waals surface area contributed by atoms with Crippen LogP contribution in [0, 0.1) is 20.2 Å². The van der Waals surface area contributed by atoms with Crippen LogP contribution in [0.2, 0.25) is 0 Å². The number of carbonyl (C=O) groups is 2. The molecule has 1 atom stereocenters. The topological polar surface area (TPSA) is 172 Å². The van der Waals surface area contributed by atoms with Crippen LogP contribution in [0.15, 0.2) is 34.8 Å². The highest BCUT2D eigenvalue weighted by atomic mass is 79.9. The number of rotatable bonds is 11. The molecule has 0 saturated heterocycles. The Morgan fingerprint density at radius 2 is 1.62 bits per heavy atom. The van der Waals surface area contributed by atoms with Gasteiger partial charge in [0.15, 0.2) is 0 Å². The summed E-state index contributed by atoms with van der Waals surface area (Å²) in [6.45, 7) is 4.79. The summed E-state index contributed by atoms with van der Waals surface area (Å²) in [4.78, 5) is 45.8. The largest absolute Gasteiger partial charge is 0.497 e. The predicted octanol–water partition coefficient (Wildman–Crippen LogP) is 3.99. The van der Waals surface area contributed by atoms with Crippen molar-refractivity contribution in [3.63, 3.8) is 0 Å².